The number of nitrogens with one attached hydrogen (secondary N) is 2. The fourth-order valence-electron chi connectivity index (χ4n) is 2.40. The van der Waals surface area contributed by atoms with Crippen molar-refractivity contribution in [2.45, 2.75) is 33.2 Å². The van der Waals surface area contributed by atoms with Gasteiger partial charge in [0.1, 0.15) is 0 Å². The highest BCUT2D eigenvalue weighted by molar-refractivity contribution is 5.96. The van der Waals surface area contributed by atoms with E-state index in [0.29, 0.717) is 5.95 Å². The second-order valence-electron chi connectivity index (χ2n) is 5.72. The molecule has 1 aliphatic rings. The third-order valence-electron chi connectivity index (χ3n) is 3.67. The van der Waals surface area contributed by atoms with Crippen molar-refractivity contribution in [3.63, 3.8) is 0 Å². The molecule has 2 rings (SSSR count). The minimum atomic E-state index is -0.566. The van der Waals surface area contributed by atoms with Crippen LogP contribution in [-0.2, 0) is 4.79 Å². The summed E-state index contributed by atoms with van der Waals surface area (Å²) in [6.45, 7) is 11.2. The number of amides is 1. The Hall–Kier alpha value is -1.53. The van der Waals surface area contributed by atoms with Crippen LogP contribution in [0.5, 0.6) is 0 Å². The van der Waals surface area contributed by atoms with Crippen molar-refractivity contribution in [1.82, 2.24) is 20.2 Å². The van der Waals surface area contributed by atoms with Crippen LogP contribution in [0.25, 0.3) is 0 Å². The Labute approximate surface area is 120 Å². The van der Waals surface area contributed by atoms with Gasteiger partial charge in [-0.15, -0.1) is 0 Å². The monoisotopic (exact) mass is 277 g/mol. The largest absolute Gasteiger partial charge is 0.314 e. The predicted molar refractivity (Wildman–Crippen MR) is 78.7 cm³/mol. The Kier molecular flexibility index (Phi) is 4.35. The van der Waals surface area contributed by atoms with E-state index in [-0.39, 0.29) is 5.91 Å². The van der Waals surface area contributed by atoms with E-state index in [0.717, 1.165) is 37.6 Å². The van der Waals surface area contributed by atoms with Gasteiger partial charge in [0, 0.05) is 37.6 Å². The molecule has 2 heterocycles. The average Bonchev–Trinajstić information content (AvgIpc) is 2.38. The maximum Gasteiger partial charge on any atom is 0.246 e. The third kappa shape index (κ3) is 3.32. The first kappa shape index (κ1) is 14.9. The third-order valence-corrected chi connectivity index (χ3v) is 3.67. The minimum Gasteiger partial charge on any atom is -0.314 e. The van der Waals surface area contributed by atoms with Gasteiger partial charge in [-0.05, 0) is 33.8 Å². The molecule has 0 unspecified atom stereocenters. The smallest absolute Gasteiger partial charge is 0.246 e. The molecule has 0 atom stereocenters. The number of carbonyl (C=O) groups is 1. The molecule has 0 saturated carbocycles. The lowest BCUT2D eigenvalue weighted by atomic mass is 10.0. The second-order valence-corrected chi connectivity index (χ2v) is 5.72. The summed E-state index contributed by atoms with van der Waals surface area (Å²) in [6, 6.07) is 1.89. The quantitative estimate of drug-likeness (QED) is 0.852. The zero-order valence-electron chi connectivity index (χ0n) is 12.7. The Bertz CT molecular complexity index is 474. The van der Waals surface area contributed by atoms with Crippen LogP contribution in [0.15, 0.2) is 6.07 Å². The van der Waals surface area contributed by atoms with Crippen LogP contribution in [0.1, 0.15) is 25.2 Å². The van der Waals surface area contributed by atoms with Gasteiger partial charge in [0.05, 0.1) is 5.54 Å². The molecule has 1 aromatic rings. The van der Waals surface area contributed by atoms with Gasteiger partial charge in [-0.2, -0.15) is 0 Å². The summed E-state index contributed by atoms with van der Waals surface area (Å²) in [4.78, 5) is 23.2. The Morgan fingerprint density at radius 2 is 1.80 bits per heavy atom. The fraction of sp³-hybridized carbons (Fsp3) is 0.643. The standard InChI is InChI=1S/C14H23N5O/c1-10-9-11(2)17-13(16-10)18-12(20)14(3,4)19-7-5-15-6-8-19/h9,15H,5-8H2,1-4H3,(H,16,17,18,20). The topological polar surface area (TPSA) is 70.2 Å². The minimum absolute atomic E-state index is 0.0654. The van der Waals surface area contributed by atoms with E-state index in [4.69, 9.17) is 0 Å². The summed E-state index contributed by atoms with van der Waals surface area (Å²) in [5.74, 6) is 0.320. The zero-order chi connectivity index (χ0) is 14.8. The molecule has 0 aliphatic carbocycles. The molecule has 2 N–H and O–H groups in total. The molecular weight excluding hydrogens is 254 g/mol. The van der Waals surface area contributed by atoms with Crippen molar-refractivity contribution in [3.05, 3.63) is 17.5 Å². The highest BCUT2D eigenvalue weighted by Crippen LogP contribution is 2.17. The highest BCUT2D eigenvalue weighted by Gasteiger charge is 2.35. The summed E-state index contributed by atoms with van der Waals surface area (Å²) in [7, 11) is 0. The van der Waals surface area contributed by atoms with Crippen molar-refractivity contribution in [1.29, 1.82) is 0 Å². The molecule has 1 aromatic heterocycles. The molecule has 0 radical (unpaired) electrons. The molecule has 6 nitrogen and oxygen atoms in total. The van der Waals surface area contributed by atoms with E-state index in [1.165, 1.54) is 0 Å². The van der Waals surface area contributed by atoms with E-state index in [1.807, 2.05) is 33.8 Å². The summed E-state index contributed by atoms with van der Waals surface area (Å²) < 4.78 is 0. The molecule has 1 aliphatic heterocycles. The Morgan fingerprint density at radius 1 is 1.25 bits per heavy atom. The van der Waals surface area contributed by atoms with Crippen molar-refractivity contribution >= 4 is 11.9 Å². The van der Waals surface area contributed by atoms with E-state index in [1.54, 1.807) is 0 Å². The van der Waals surface area contributed by atoms with Gasteiger partial charge < -0.3 is 5.32 Å². The Morgan fingerprint density at radius 3 is 2.35 bits per heavy atom. The number of anilines is 1. The summed E-state index contributed by atoms with van der Waals surface area (Å²) in [6.07, 6.45) is 0. The van der Waals surface area contributed by atoms with Gasteiger partial charge in [0.25, 0.3) is 0 Å². The fourth-order valence-corrected chi connectivity index (χ4v) is 2.40. The summed E-state index contributed by atoms with van der Waals surface area (Å²) >= 11 is 0. The van der Waals surface area contributed by atoms with Crippen molar-refractivity contribution in [2.24, 2.45) is 0 Å². The maximum atomic E-state index is 12.5. The van der Waals surface area contributed by atoms with Gasteiger partial charge in [0.15, 0.2) is 0 Å². The molecule has 1 fully saturated rings. The molecule has 0 spiro atoms. The molecule has 0 bridgehead atoms. The lowest BCUT2D eigenvalue weighted by Gasteiger charge is -2.39. The lowest BCUT2D eigenvalue weighted by Crippen LogP contribution is -2.58. The first-order chi connectivity index (χ1) is 9.39. The second kappa shape index (κ2) is 5.85. The molecule has 6 heteroatoms. The molecule has 110 valence electrons. The summed E-state index contributed by atoms with van der Waals surface area (Å²) in [5, 5.41) is 6.13. The number of rotatable bonds is 3. The van der Waals surface area contributed by atoms with Gasteiger partial charge in [0.2, 0.25) is 11.9 Å². The van der Waals surface area contributed by atoms with Crippen LogP contribution in [0, 0.1) is 13.8 Å². The number of nitrogens with zero attached hydrogens (tertiary/aromatic N) is 3. The number of hydrogen-bond acceptors (Lipinski definition) is 5. The van der Waals surface area contributed by atoms with Crippen LogP contribution in [0.3, 0.4) is 0 Å². The Balaban J connectivity index is 2.09. The number of piperazine rings is 1. The first-order valence-electron chi connectivity index (χ1n) is 6.99. The van der Waals surface area contributed by atoms with Crippen LogP contribution in [0.2, 0.25) is 0 Å². The van der Waals surface area contributed by atoms with Crippen molar-refractivity contribution < 1.29 is 4.79 Å². The van der Waals surface area contributed by atoms with Crippen LogP contribution in [0.4, 0.5) is 5.95 Å². The maximum absolute atomic E-state index is 12.5. The van der Waals surface area contributed by atoms with Crippen molar-refractivity contribution in [2.75, 3.05) is 31.5 Å². The van der Waals surface area contributed by atoms with Gasteiger partial charge in [-0.3, -0.25) is 15.0 Å². The van der Waals surface area contributed by atoms with Crippen molar-refractivity contribution in [3.8, 4) is 0 Å². The normalized spacial score (nSPS) is 17.0. The summed E-state index contributed by atoms with van der Waals surface area (Å²) in [5.41, 5.74) is 1.14. The number of aromatic nitrogens is 2. The van der Waals surface area contributed by atoms with Gasteiger partial charge >= 0.3 is 0 Å². The SMILES string of the molecule is Cc1cc(C)nc(NC(=O)C(C)(C)N2CCNCC2)n1. The van der Waals surface area contributed by atoms with E-state index < -0.39 is 5.54 Å². The van der Waals surface area contributed by atoms with Crippen LogP contribution >= 0.6 is 0 Å². The number of carbonyl (C=O) groups excluding carboxylic acids is 1. The van der Waals surface area contributed by atoms with E-state index in [9.17, 15) is 4.79 Å². The number of aryl methyl sites for hydroxylation is 2. The average molecular weight is 277 g/mol. The van der Waals surface area contributed by atoms with Crippen LogP contribution in [-0.4, -0.2) is 52.5 Å². The van der Waals surface area contributed by atoms with Gasteiger partial charge in [-0.25, -0.2) is 9.97 Å². The predicted octanol–water partition coefficient (Wildman–Crippen LogP) is 0.716. The molecule has 20 heavy (non-hydrogen) atoms. The molecular formula is C14H23N5O. The zero-order valence-corrected chi connectivity index (χ0v) is 12.7. The van der Waals surface area contributed by atoms with E-state index in [2.05, 4.69) is 25.5 Å². The number of hydrogen-bond donors (Lipinski definition) is 2. The van der Waals surface area contributed by atoms with Gasteiger partial charge in [-0.1, -0.05) is 0 Å². The van der Waals surface area contributed by atoms with E-state index >= 15 is 0 Å². The molecule has 1 saturated heterocycles. The first-order valence-corrected chi connectivity index (χ1v) is 6.99. The molecule has 1 amide bonds. The highest BCUT2D eigenvalue weighted by atomic mass is 16.2. The lowest BCUT2D eigenvalue weighted by molar-refractivity contribution is -0.126. The van der Waals surface area contributed by atoms with Crippen LogP contribution < -0.4 is 10.6 Å². The molecule has 0 aromatic carbocycles.